The van der Waals surface area contributed by atoms with Gasteiger partial charge in [0.1, 0.15) is 5.75 Å². The topological polar surface area (TPSA) is 109 Å². The molecule has 4 N–H and O–H groups in total. The van der Waals surface area contributed by atoms with Gasteiger partial charge in [-0.25, -0.2) is 4.79 Å². The van der Waals surface area contributed by atoms with Crippen molar-refractivity contribution >= 4 is 18.2 Å². The standard InChI is InChI=1S/C18H26N4O3/c1-12(2)16-4-3-15(9-13(16)10-19)25-11-17(23)21-14-5-7-22(8-6-14)18(20)24/h3-4,9-10,12,14,19H,5-8,11H2,1-2H3,(H2,20,24)(H,21,23). The van der Waals surface area contributed by atoms with Gasteiger partial charge >= 0.3 is 6.03 Å². The van der Waals surface area contributed by atoms with Crippen LogP contribution in [0, 0.1) is 5.41 Å². The second-order valence-corrected chi connectivity index (χ2v) is 6.55. The van der Waals surface area contributed by atoms with Crippen LogP contribution in [0.25, 0.3) is 0 Å². The normalized spacial score (nSPS) is 15.1. The SMILES string of the molecule is CC(C)c1ccc(OCC(=O)NC2CCN(C(N)=O)CC2)cc1C=N. The molecule has 1 saturated heterocycles. The van der Waals surface area contributed by atoms with E-state index in [0.29, 0.717) is 37.6 Å². The summed E-state index contributed by atoms with van der Waals surface area (Å²) in [7, 11) is 0. The maximum Gasteiger partial charge on any atom is 0.314 e. The van der Waals surface area contributed by atoms with E-state index >= 15 is 0 Å². The van der Waals surface area contributed by atoms with Gasteiger partial charge in [-0.05, 0) is 42.0 Å². The van der Waals surface area contributed by atoms with Crippen molar-refractivity contribution in [3.05, 3.63) is 29.3 Å². The average molecular weight is 346 g/mol. The molecular weight excluding hydrogens is 320 g/mol. The highest BCUT2D eigenvalue weighted by Crippen LogP contribution is 2.23. The molecule has 1 aliphatic rings. The summed E-state index contributed by atoms with van der Waals surface area (Å²) in [4.78, 5) is 24.7. The quantitative estimate of drug-likeness (QED) is 0.684. The molecule has 1 aromatic carbocycles. The molecule has 25 heavy (non-hydrogen) atoms. The fourth-order valence-electron chi connectivity index (χ4n) is 2.96. The molecule has 1 aromatic rings. The summed E-state index contributed by atoms with van der Waals surface area (Å²) in [6.45, 7) is 5.18. The summed E-state index contributed by atoms with van der Waals surface area (Å²) in [6, 6.07) is 5.15. The number of benzene rings is 1. The van der Waals surface area contributed by atoms with Crippen molar-refractivity contribution in [2.24, 2.45) is 5.73 Å². The maximum absolute atomic E-state index is 12.0. The Morgan fingerprint density at radius 3 is 2.64 bits per heavy atom. The van der Waals surface area contributed by atoms with Gasteiger partial charge in [0.15, 0.2) is 6.61 Å². The predicted molar refractivity (Wildman–Crippen MR) is 96.2 cm³/mol. The van der Waals surface area contributed by atoms with Crippen LogP contribution in [0.1, 0.15) is 43.7 Å². The van der Waals surface area contributed by atoms with Gasteiger partial charge in [-0.15, -0.1) is 0 Å². The molecular formula is C18H26N4O3. The first-order valence-electron chi connectivity index (χ1n) is 8.51. The summed E-state index contributed by atoms with van der Waals surface area (Å²) in [6.07, 6.45) is 2.68. The van der Waals surface area contributed by atoms with E-state index in [0.717, 1.165) is 11.1 Å². The molecule has 2 rings (SSSR count). The van der Waals surface area contributed by atoms with Gasteiger partial charge in [-0.1, -0.05) is 19.9 Å². The molecule has 3 amide bonds. The van der Waals surface area contributed by atoms with Gasteiger partial charge < -0.3 is 26.1 Å². The molecule has 0 bridgehead atoms. The third-order valence-electron chi connectivity index (χ3n) is 4.38. The van der Waals surface area contributed by atoms with E-state index in [4.69, 9.17) is 15.9 Å². The zero-order valence-electron chi connectivity index (χ0n) is 14.7. The highest BCUT2D eigenvalue weighted by molar-refractivity contribution is 5.81. The average Bonchev–Trinajstić information content (AvgIpc) is 2.60. The lowest BCUT2D eigenvalue weighted by Gasteiger charge is -2.31. The molecule has 7 nitrogen and oxygen atoms in total. The lowest BCUT2D eigenvalue weighted by atomic mass is 9.97. The van der Waals surface area contributed by atoms with Crippen molar-refractivity contribution in [2.45, 2.75) is 38.6 Å². The van der Waals surface area contributed by atoms with E-state index in [1.54, 1.807) is 11.0 Å². The van der Waals surface area contributed by atoms with Gasteiger partial charge in [0.05, 0.1) is 0 Å². The smallest absolute Gasteiger partial charge is 0.314 e. The number of hydrogen-bond acceptors (Lipinski definition) is 4. The number of carbonyl (C=O) groups excluding carboxylic acids is 2. The number of primary amides is 1. The van der Waals surface area contributed by atoms with E-state index in [9.17, 15) is 9.59 Å². The Hall–Kier alpha value is -2.57. The number of piperidine rings is 1. The molecule has 0 spiro atoms. The van der Waals surface area contributed by atoms with Gasteiger partial charge in [-0.3, -0.25) is 4.79 Å². The van der Waals surface area contributed by atoms with Crippen molar-refractivity contribution < 1.29 is 14.3 Å². The van der Waals surface area contributed by atoms with Crippen LogP contribution < -0.4 is 15.8 Å². The first-order valence-corrected chi connectivity index (χ1v) is 8.51. The number of hydrogen-bond donors (Lipinski definition) is 3. The summed E-state index contributed by atoms with van der Waals surface area (Å²) in [5, 5.41) is 10.4. The maximum atomic E-state index is 12.0. The van der Waals surface area contributed by atoms with Crippen LogP contribution in [0.4, 0.5) is 4.79 Å². The van der Waals surface area contributed by atoms with Gasteiger partial charge in [0.25, 0.3) is 5.91 Å². The minimum Gasteiger partial charge on any atom is -0.484 e. The monoisotopic (exact) mass is 346 g/mol. The number of rotatable bonds is 6. The third kappa shape index (κ3) is 5.20. The largest absolute Gasteiger partial charge is 0.484 e. The number of likely N-dealkylation sites (tertiary alicyclic amines) is 1. The number of nitrogens with two attached hydrogens (primary N) is 1. The second kappa shape index (κ2) is 8.50. The number of nitrogens with one attached hydrogen (secondary N) is 2. The molecule has 1 aliphatic heterocycles. The van der Waals surface area contributed by atoms with Crippen LogP contribution in [-0.2, 0) is 4.79 Å². The molecule has 0 atom stereocenters. The fourth-order valence-corrected chi connectivity index (χ4v) is 2.96. The van der Waals surface area contributed by atoms with Crippen molar-refractivity contribution in [1.29, 1.82) is 5.41 Å². The van der Waals surface area contributed by atoms with Crippen molar-refractivity contribution in [3.8, 4) is 5.75 Å². The molecule has 7 heteroatoms. The summed E-state index contributed by atoms with van der Waals surface area (Å²) in [5.41, 5.74) is 7.12. The van der Waals surface area contributed by atoms with Crippen LogP contribution in [0.2, 0.25) is 0 Å². The van der Waals surface area contributed by atoms with Crippen molar-refractivity contribution in [3.63, 3.8) is 0 Å². The molecule has 0 saturated carbocycles. The zero-order chi connectivity index (χ0) is 18.4. The van der Waals surface area contributed by atoms with Crippen LogP contribution in [-0.4, -0.2) is 48.8 Å². The Bertz CT molecular complexity index is 637. The van der Waals surface area contributed by atoms with Gasteiger partial charge in [0, 0.05) is 25.3 Å². The summed E-state index contributed by atoms with van der Waals surface area (Å²) < 4.78 is 5.55. The molecule has 0 aromatic heterocycles. The van der Waals surface area contributed by atoms with E-state index in [1.807, 2.05) is 12.1 Å². The number of amides is 3. The Balaban J connectivity index is 1.82. The highest BCUT2D eigenvalue weighted by Gasteiger charge is 2.22. The van der Waals surface area contributed by atoms with Crippen molar-refractivity contribution in [1.82, 2.24) is 10.2 Å². The van der Waals surface area contributed by atoms with Crippen LogP contribution in [0.3, 0.4) is 0 Å². The first kappa shape index (κ1) is 18.8. The number of nitrogens with zero attached hydrogens (tertiary/aromatic N) is 1. The van der Waals surface area contributed by atoms with E-state index in [-0.39, 0.29) is 18.6 Å². The molecule has 1 heterocycles. The number of carbonyl (C=O) groups is 2. The second-order valence-electron chi connectivity index (χ2n) is 6.55. The predicted octanol–water partition coefficient (Wildman–Crippen LogP) is 1.85. The zero-order valence-corrected chi connectivity index (χ0v) is 14.7. The van der Waals surface area contributed by atoms with E-state index < -0.39 is 6.03 Å². The Labute approximate surface area is 148 Å². The fraction of sp³-hybridized carbons (Fsp3) is 0.500. The third-order valence-corrected chi connectivity index (χ3v) is 4.38. The van der Waals surface area contributed by atoms with E-state index in [2.05, 4.69) is 19.2 Å². The molecule has 136 valence electrons. The van der Waals surface area contributed by atoms with Crippen LogP contribution in [0.5, 0.6) is 5.75 Å². The van der Waals surface area contributed by atoms with Crippen LogP contribution in [0.15, 0.2) is 18.2 Å². The Morgan fingerprint density at radius 2 is 2.08 bits per heavy atom. The van der Waals surface area contributed by atoms with E-state index in [1.165, 1.54) is 6.21 Å². The lowest BCUT2D eigenvalue weighted by molar-refractivity contribution is -0.124. The highest BCUT2D eigenvalue weighted by atomic mass is 16.5. The Morgan fingerprint density at radius 1 is 1.40 bits per heavy atom. The minimum absolute atomic E-state index is 0.0344. The van der Waals surface area contributed by atoms with Crippen molar-refractivity contribution in [2.75, 3.05) is 19.7 Å². The molecule has 1 fully saturated rings. The minimum atomic E-state index is -0.417. The van der Waals surface area contributed by atoms with Gasteiger partial charge in [-0.2, -0.15) is 0 Å². The Kier molecular flexibility index (Phi) is 6.38. The molecule has 0 radical (unpaired) electrons. The summed E-state index contributed by atoms with van der Waals surface area (Å²) in [5.74, 6) is 0.698. The molecule has 0 aliphatic carbocycles. The number of urea groups is 1. The van der Waals surface area contributed by atoms with Gasteiger partial charge in [0.2, 0.25) is 0 Å². The lowest BCUT2D eigenvalue weighted by Crippen LogP contribution is -2.48. The summed E-state index contributed by atoms with van der Waals surface area (Å²) >= 11 is 0. The van der Waals surface area contributed by atoms with Crippen LogP contribution >= 0.6 is 0 Å². The number of ether oxygens (including phenoxy) is 1. The molecule has 0 unspecified atom stereocenters. The first-order chi connectivity index (χ1) is 11.9.